The number of halogens is 1. The third-order valence-corrected chi connectivity index (χ3v) is 3.52. The van der Waals surface area contributed by atoms with Gasteiger partial charge >= 0.3 is 0 Å². The lowest BCUT2D eigenvalue weighted by Crippen LogP contribution is -1.97. The van der Waals surface area contributed by atoms with E-state index >= 15 is 0 Å². The molecule has 0 aliphatic rings. The average molecular weight is 316 g/mol. The molecule has 0 aliphatic heterocycles. The highest BCUT2D eigenvalue weighted by Gasteiger charge is 2.02. The van der Waals surface area contributed by atoms with Gasteiger partial charge in [-0.2, -0.15) is 0 Å². The maximum absolute atomic E-state index is 12.0. The van der Waals surface area contributed by atoms with E-state index in [2.05, 4.69) is 5.32 Å². The number of hydrogen-bond acceptors (Lipinski definition) is 3. The van der Waals surface area contributed by atoms with Crippen LogP contribution in [0.15, 0.2) is 54.7 Å². The van der Waals surface area contributed by atoms with Crippen molar-refractivity contribution in [2.75, 3.05) is 11.9 Å². The van der Waals surface area contributed by atoms with Crippen LogP contribution in [0.1, 0.15) is 22.8 Å². The molecule has 0 spiro atoms. The molecule has 2 aromatic carbocycles. The highest BCUT2D eigenvalue weighted by atomic mass is 35.5. The molecule has 4 heteroatoms. The van der Waals surface area contributed by atoms with Crippen molar-refractivity contribution in [1.82, 2.24) is 0 Å². The Labute approximate surface area is 135 Å². The van der Waals surface area contributed by atoms with Crippen LogP contribution in [0.3, 0.4) is 0 Å². The third kappa shape index (κ3) is 4.37. The van der Waals surface area contributed by atoms with Gasteiger partial charge in [0, 0.05) is 28.5 Å². The molecule has 0 unspecified atom stereocenters. The number of nitrogens with one attached hydrogen (secondary N) is 1. The molecule has 2 rings (SSSR count). The molecule has 0 fully saturated rings. The van der Waals surface area contributed by atoms with Gasteiger partial charge in [-0.3, -0.25) is 4.79 Å². The Morgan fingerprint density at radius 2 is 1.95 bits per heavy atom. The van der Waals surface area contributed by atoms with E-state index < -0.39 is 0 Å². The minimum Gasteiger partial charge on any atom is -0.494 e. The molecule has 0 aliphatic carbocycles. The summed E-state index contributed by atoms with van der Waals surface area (Å²) in [5.74, 6) is 0.694. The highest BCUT2D eigenvalue weighted by Crippen LogP contribution is 2.19. The predicted octanol–water partition coefficient (Wildman–Crippen LogP) is 4.86. The Kier molecular flexibility index (Phi) is 5.61. The van der Waals surface area contributed by atoms with Crippen LogP contribution < -0.4 is 10.1 Å². The second-order valence-electron chi connectivity index (χ2n) is 4.76. The lowest BCUT2D eigenvalue weighted by atomic mass is 10.1. The van der Waals surface area contributed by atoms with Crippen molar-refractivity contribution in [2.45, 2.75) is 13.8 Å². The molecule has 3 nitrogen and oxygen atoms in total. The Morgan fingerprint density at radius 3 is 2.59 bits per heavy atom. The summed E-state index contributed by atoms with van der Waals surface area (Å²) in [6.07, 6.45) is 3.13. The number of rotatable bonds is 6. The van der Waals surface area contributed by atoms with Gasteiger partial charge in [-0.1, -0.05) is 11.6 Å². The fraction of sp³-hybridized carbons (Fsp3) is 0.167. The lowest BCUT2D eigenvalue weighted by molar-refractivity contribution is 0.104. The van der Waals surface area contributed by atoms with Gasteiger partial charge in [-0.15, -0.1) is 0 Å². The van der Waals surface area contributed by atoms with E-state index in [9.17, 15) is 4.79 Å². The molecule has 0 aromatic heterocycles. The van der Waals surface area contributed by atoms with E-state index in [1.54, 1.807) is 30.5 Å². The lowest BCUT2D eigenvalue weighted by Gasteiger charge is -2.04. The highest BCUT2D eigenvalue weighted by molar-refractivity contribution is 6.31. The van der Waals surface area contributed by atoms with Gasteiger partial charge in [0.15, 0.2) is 5.78 Å². The first kappa shape index (κ1) is 16.1. The van der Waals surface area contributed by atoms with Crippen LogP contribution in [0.2, 0.25) is 5.02 Å². The standard InChI is InChI=1S/C18H18ClNO2/c1-3-22-16-7-4-14(5-8-16)18(21)10-11-20-15-6-9-17(19)13(2)12-15/h4-12,20H,3H2,1-2H3. The Balaban J connectivity index is 1.97. The molecule has 0 radical (unpaired) electrons. The number of aryl methyl sites for hydroxylation is 1. The Morgan fingerprint density at radius 1 is 1.23 bits per heavy atom. The number of carbonyl (C=O) groups excluding carboxylic acids is 1. The van der Waals surface area contributed by atoms with Crippen LogP contribution in [0.4, 0.5) is 5.69 Å². The summed E-state index contributed by atoms with van der Waals surface area (Å²) >= 11 is 5.97. The number of benzene rings is 2. The molecule has 0 atom stereocenters. The summed E-state index contributed by atoms with van der Waals surface area (Å²) in [6.45, 7) is 4.46. The van der Waals surface area contributed by atoms with Gasteiger partial charge in [0.25, 0.3) is 0 Å². The molecule has 1 N–H and O–H groups in total. The minimum absolute atomic E-state index is 0.0683. The maximum atomic E-state index is 12.0. The Bertz CT molecular complexity index is 678. The maximum Gasteiger partial charge on any atom is 0.187 e. The van der Waals surface area contributed by atoms with Crippen molar-refractivity contribution in [2.24, 2.45) is 0 Å². The van der Waals surface area contributed by atoms with E-state index in [1.807, 2.05) is 32.0 Å². The second kappa shape index (κ2) is 7.66. The van der Waals surface area contributed by atoms with Crippen molar-refractivity contribution in [3.8, 4) is 5.75 Å². The summed E-state index contributed by atoms with van der Waals surface area (Å²) in [5, 5.41) is 3.78. The fourth-order valence-corrected chi connectivity index (χ4v) is 2.04. The van der Waals surface area contributed by atoms with Crippen LogP contribution in [-0.2, 0) is 0 Å². The molecule has 0 saturated heterocycles. The number of anilines is 1. The zero-order valence-electron chi connectivity index (χ0n) is 12.6. The van der Waals surface area contributed by atoms with E-state index in [1.165, 1.54) is 6.08 Å². The van der Waals surface area contributed by atoms with E-state index in [0.717, 1.165) is 22.0 Å². The van der Waals surface area contributed by atoms with Crippen LogP contribution in [0, 0.1) is 6.92 Å². The smallest absolute Gasteiger partial charge is 0.187 e. The van der Waals surface area contributed by atoms with E-state index in [-0.39, 0.29) is 5.78 Å². The summed E-state index contributed by atoms with van der Waals surface area (Å²) < 4.78 is 5.35. The number of hydrogen-bond donors (Lipinski definition) is 1. The van der Waals surface area contributed by atoms with Gasteiger partial charge in [0.05, 0.1) is 6.61 Å². The number of ketones is 1. The van der Waals surface area contributed by atoms with Crippen molar-refractivity contribution < 1.29 is 9.53 Å². The van der Waals surface area contributed by atoms with Gasteiger partial charge in [0.1, 0.15) is 5.75 Å². The third-order valence-electron chi connectivity index (χ3n) is 3.09. The van der Waals surface area contributed by atoms with Crippen LogP contribution >= 0.6 is 11.6 Å². The largest absolute Gasteiger partial charge is 0.494 e. The minimum atomic E-state index is -0.0683. The first-order valence-corrected chi connectivity index (χ1v) is 7.44. The number of carbonyl (C=O) groups is 1. The monoisotopic (exact) mass is 315 g/mol. The van der Waals surface area contributed by atoms with Gasteiger partial charge < -0.3 is 10.1 Å². The zero-order valence-corrected chi connectivity index (χ0v) is 13.4. The quantitative estimate of drug-likeness (QED) is 0.611. The second-order valence-corrected chi connectivity index (χ2v) is 5.17. The van der Waals surface area contributed by atoms with Crippen molar-refractivity contribution >= 4 is 23.1 Å². The Hall–Kier alpha value is -2.26. The van der Waals surface area contributed by atoms with Crippen LogP contribution in [0.5, 0.6) is 5.75 Å². The summed E-state index contributed by atoms with van der Waals surface area (Å²) in [6, 6.07) is 12.7. The zero-order chi connectivity index (χ0) is 15.9. The number of ether oxygens (including phenoxy) is 1. The molecule has 22 heavy (non-hydrogen) atoms. The van der Waals surface area contributed by atoms with E-state index in [0.29, 0.717) is 12.2 Å². The molecular weight excluding hydrogens is 298 g/mol. The normalized spacial score (nSPS) is 10.7. The van der Waals surface area contributed by atoms with Crippen molar-refractivity contribution in [3.05, 3.63) is 70.9 Å². The average Bonchev–Trinajstić information content (AvgIpc) is 2.52. The van der Waals surface area contributed by atoms with Gasteiger partial charge in [0.2, 0.25) is 0 Å². The first-order chi connectivity index (χ1) is 10.6. The van der Waals surface area contributed by atoms with Crippen LogP contribution in [0.25, 0.3) is 0 Å². The molecule has 0 saturated carbocycles. The summed E-state index contributed by atoms with van der Waals surface area (Å²) in [4.78, 5) is 12.0. The molecule has 0 bridgehead atoms. The summed E-state index contributed by atoms with van der Waals surface area (Å²) in [7, 11) is 0. The molecule has 0 amide bonds. The van der Waals surface area contributed by atoms with E-state index in [4.69, 9.17) is 16.3 Å². The summed E-state index contributed by atoms with van der Waals surface area (Å²) in [5.41, 5.74) is 2.49. The van der Waals surface area contributed by atoms with Crippen LogP contribution in [-0.4, -0.2) is 12.4 Å². The van der Waals surface area contributed by atoms with Crippen molar-refractivity contribution in [1.29, 1.82) is 0 Å². The van der Waals surface area contributed by atoms with Gasteiger partial charge in [-0.25, -0.2) is 0 Å². The van der Waals surface area contributed by atoms with Crippen molar-refractivity contribution in [3.63, 3.8) is 0 Å². The fourth-order valence-electron chi connectivity index (χ4n) is 1.93. The number of allylic oxidation sites excluding steroid dienone is 1. The molecule has 2 aromatic rings. The first-order valence-electron chi connectivity index (χ1n) is 7.06. The topological polar surface area (TPSA) is 38.3 Å². The molecular formula is C18H18ClNO2. The predicted molar refractivity (Wildman–Crippen MR) is 90.9 cm³/mol. The van der Waals surface area contributed by atoms with Gasteiger partial charge in [-0.05, 0) is 61.9 Å². The molecule has 0 heterocycles. The SMILES string of the molecule is CCOc1ccc(C(=O)C=CNc2ccc(Cl)c(C)c2)cc1. The molecule has 114 valence electrons.